The van der Waals surface area contributed by atoms with Gasteiger partial charge in [0.05, 0.1) is 11.1 Å². The average Bonchev–Trinajstić information content (AvgIpc) is 2.37. The van der Waals surface area contributed by atoms with E-state index >= 15 is 0 Å². The van der Waals surface area contributed by atoms with Crippen molar-refractivity contribution in [3.63, 3.8) is 0 Å². The lowest BCUT2D eigenvalue weighted by atomic mass is 9.94. The first kappa shape index (κ1) is 11.9. The molecule has 0 aliphatic carbocycles. The van der Waals surface area contributed by atoms with Crippen LogP contribution in [0.1, 0.15) is 11.1 Å². The highest BCUT2D eigenvalue weighted by Gasteiger charge is 2.32. The Hall–Kier alpha value is -2.17. The van der Waals surface area contributed by atoms with Crippen molar-refractivity contribution in [2.24, 2.45) is 0 Å². The number of phenols is 1. The van der Waals surface area contributed by atoms with E-state index in [0.717, 1.165) is 12.1 Å². The summed E-state index contributed by atoms with van der Waals surface area (Å²) in [6, 6.07) is 8.23. The number of aromatic hydroxyl groups is 1. The standard InChI is InChI=1S/C14H9F3O2/c15-14(16,17)9-4-5-10-8(6-9)7-19-12-3-1-2-11(18)13(10)12/h1-6,18H,7H2. The Bertz CT molecular complexity index is 648. The zero-order chi connectivity index (χ0) is 13.6. The molecule has 0 fully saturated rings. The van der Waals surface area contributed by atoms with Crippen LogP contribution in [0, 0.1) is 0 Å². The summed E-state index contributed by atoms with van der Waals surface area (Å²) in [5.74, 6) is 0.477. The van der Waals surface area contributed by atoms with Gasteiger partial charge in [0.25, 0.3) is 0 Å². The minimum absolute atomic E-state index is 0.00166. The maximum atomic E-state index is 12.6. The van der Waals surface area contributed by atoms with Crippen LogP contribution in [0.15, 0.2) is 36.4 Å². The van der Waals surface area contributed by atoms with Crippen molar-refractivity contribution in [2.75, 3.05) is 0 Å². The summed E-state index contributed by atoms with van der Waals surface area (Å²) in [6.07, 6.45) is -4.38. The summed E-state index contributed by atoms with van der Waals surface area (Å²) in [5, 5.41) is 9.83. The molecule has 2 aromatic carbocycles. The van der Waals surface area contributed by atoms with Crippen LogP contribution in [-0.4, -0.2) is 5.11 Å². The number of rotatable bonds is 0. The van der Waals surface area contributed by atoms with E-state index in [9.17, 15) is 18.3 Å². The Morgan fingerprint density at radius 3 is 2.63 bits per heavy atom. The third-order valence-corrected chi connectivity index (χ3v) is 3.09. The molecule has 0 atom stereocenters. The van der Waals surface area contributed by atoms with Gasteiger partial charge in [0.1, 0.15) is 18.1 Å². The van der Waals surface area contributed by atoms with Gasteiger partial charge < -0.3 is 9.84 Å². The molecule has 0 aromatic heterocycles. The van der Waals surface area contributed by atoms with E-state index in [1.807, 2.05) is 0 Å². The summed E-state index contributed by atoms with van der Waals surface area (Å²) in [5.41, 5.74) is 0.724. The summed E-state index contributed by atoms with van der Waals surface area (Å²) < 4.78 is 43.3. The van der Waals surface area contributed by atoms with Gasteiger partial charge in [-0.2, -0.15) is 13.2 Å². The van der Waals surface area contributed by atoms with Crippen molar-refractivity contribution in [3.05, 3.63) is 47.5 Å². The fourth-order valence-corrected chi connectivity index (χ4v) is 2.20. The SMILES string of the molecule is Oc1cccc2c1-c1ccc(C(F)(F)F)cc1CO2. The molecular weight excluding hydrogens is 257 g/mol. The van der Waals surface area contributed by atoms with Gasteiger partial charge in [0, 0.05) is 0 Å². The van der Waals surface area contributed by atoms with Gasteiger partial charge in [-0.25, -0.2) is 0 Å². The quantitative estimate of drug-likeness (QED) is 0.781. The number of benzene rings is 2. The molecule has 2 nitrogen and oxygen atoms in total. The van der Waals surface area contributed by atoms with Gasteiger partial charge in [-0.05, 0) is 35.4 Å². The third kappa shape index (κ3) is 1.91. The highest BCUT2D eigenvalue weighted by molar-refractivity contribution is 5.80. The maximum Gasteiger partial charge on any atom is 0.416 e. The van der Waals surface area contributed by atoms with Crippen LogP contribution in [0.25, 0.3) is 11.1 Å². The zero-order valence-electron chi connectivity index (χ0n) is 9.66. The number of ether oxygens (including phenoxy) is 1. The third-order valence-electron chi connectivity index (χ3n) is 3.09. The highest BCUT2D eigenvalue weighted by atomic mass is 19.4. The molecule has 0 spiro atoms. The number of hydrogen-bond donors (Lipinski definition) is 1. The molecule has 0 radical (unpaired) electrons. The molecule has 0 saturated carbocycles. The van der Waals surface area contributed by atoms with E-state index in [2.05, 4.69) is 0 Å². The van der Waals surface area contributed by atoms with Crippen molar-refractivity contribution in [2.45, 2.75) is 12.8 Å². The van der Waals surface area contributed by atoms with Gasteiger partial charge in [-0.15, -0.1) is 0 Å². The molecule has 1 aliphatic heterocycles. The second kappa shape index (κ2) is 3.91. The molecule has 0 saturated heterocycles. The number of phenolic OH excluding ortho intramolecular Hbond substituents is 1. The summed E-state index contributed by atoms with van der Waals surface area (Å²) in [6.45, 7) is 0.0652. The molecule has 98 valence electrons. The number of hydrogen-bond acceptors (Lipinski definition) is 2. The van der Waals surface area contributed by atoms with Crippen LogP contribution in [0.3, 0.4) is 0 Å². The summed E-state index contributed by atoms with van der Waals surface area (Å²) >= 11 is 0. The van der Waals surface area contributed by atoms with Crippen molar-refractivity contribution in [1.29, 1.82) is 0 Å². The van der Waals surface area contributed by atoms with E-state index in [1.165, 1.54) is 12.1 Å². The molecule has 0 unspecified atom stereocenters. The first-order valence-electron chi connectivity index (χ1n) is 5.62. The molecule has 3 rings (SSSR count). The van der Waals surface area contributed by atoms with Crippen LogP contribution in [0.4, 0.5) is 13.2 Å². The van der Waals surface area contributed by atoms with E-state index < -0.39 is 11.7 Å². The summed E-state index contributed by atoms with van der Waals surface area (Å²) in [4.78, 5) is 0. The Labute approximate surface area is 107 Å². The topological polar surface area (TPSA) is 29.5 Å². The van der Waals surface area contributed by atoms with Crippen molar-refractivity contribution < 1.29 is 23.0 Å². The highest BCUT2D eigenvalue weighted by Crippen LogP contribution is 2.44. The smallest absolute Gasteiger partial charge is 0.416 e. The second-order valence-corrected chi connectivity index (χ2v) is 4.31. The lowest BCUT2D eigenvalue weighted by molar-refractivity contribution is -0.137. The summed E-state index contributed by atoms with van der Waals surface area (Å²) in [7, 11) is 0. The van der Waals surface area contributed by atoms with Crippen molar-refractivity contribution in [1.82, 2.24) is 0 Å². The largest absolute Gasteiger partial charge is 0.507 e. The predicted octanol–water partition coefficient (Wildman–Crippen LogP) is 3.97. The van der Waals surface area contributed by atoms with Crippen LogP contribution >= 0.6 is 0 Å². The Kier molecular flexibility index (Phi) is 2.45. The number of alkyl halides is 3. The van der Waals surface area contributed by atoms with E-state index in [1.54, 1.807) is 12.1 Å². The van der Waals surface area contributed by atoms with Crippen LogP contribution in [-0.2, 0) is 12.8 Å². The van der Waals surface area contributed by atoms with E-state index in [-0.39, 0.29) is 12.4 Å². The molecule has 19 heavy (non-hydrogen) atoms. The average molecular weight is 266 g/mol. The lowest BCUT2D eigenvalue weighted by Crippen LogP contribution is -2.10. The van der Waals surface area contributed by atoms with Gasteiger partial charge in [0.2, 0.25) is 0 Å². The molecule has 2 aromatic rings. The van der Waals surface area contributed by atoms with E-state index in [0.29, 0.717) is 22.4 Å². The van der Waals surface area contributed by atoms with Crippen LogP contribution in [0.5, 0.6) is 11.5 Å². The first-order chi connectivity index (χ1) is 8.97. The maximum absolute atomic E-state index is 12.6. The van der Waals surface area contributed by atoms with Gasteiger partial charge >= 0.3 is 6.18 Å². The van der Waals surface area contributed by atoms with Crippen LogP contribution in [0.2, 0.25) is 0 Å². The van der Waals surface area contributed by atoms with Crippen molar-refractivity contribution >= 4 is 0 Å². The van der Waals surface area contributed by atoms with Crippen molar-refractivity contribution in [3.8, 4) is 22.6 Å². The second-order valence-electron chi connectivity index (χ2n) is 4.31. The Balaban J connectivity index is 2.19. The number of fused-ring (bicyclic) bond motifs is 3. The molecule has 1 aliphatic rings. The Morgan fingerprint density at radius 1 is 1.11 bits per heavy atom. The molecule has 0 bridgehead atoms. The van der Waals surface area contributed by atoms with Gasteiger partial charge in [0.15, 0.2) is 0 Å². The number of halogens is 3. The fraction of sp³-hybridized carbons (Fsp3) is 0.143. The first-order valence-corrected chi connectivity index (χ1v) is 5.62. The van der Waals surface area contributed by atoms with Gasteiger partial charge in [-0.1, -0.05) is 12.1 Å². The normalized spacial score (nSPS) is 13.4. The molecule has 1 N–H and O–H groups in total. The molecule has 1 heterocycles. The molecule has 0 amide bonds. The van der Waals surface area contributed by atoms with Crippen LogP contribution < -0.4 is 4.74 Å². The zero-order valence-corrected chi connectivity index (χ0v) is 9.66. The van der Waals surface area contributed by atoms with Gasteiger partial charge in [-0.3, -0.25) is 0 Å². The molecule has 5 heteroatoms. The predicted molar refractivity (Wildman–Crippen MR) is 62.9 cm³/mol. The Morgan fingerprint density at radius 2 is 1.89 bits per heavy atom. The van der Waals surface area contributed by atoms with E-state index in [4.69, 9.17) is 4.74 Å². The minimum Gasteiger partial charge on any atom is -0.507 e. The minimum atomic E-state index is -4.38. The monoisotopic (exact) mass is 266 g/mol. The lowest BCUT2D eigenvalue weighted by Gasteiger charge is -2.22. The molecular formula is C14H9F3O2. The fourth-order valence-electron chi connectivity index (χ4n) is 2.20.